The summed E-state index contributed by atoms with van der Waals surface area (Å²) in [5.74, 6) is 1.64. The summed E-state index contributed by atoms with van der Waals surface area (Å²) in [4.78, 5) is 16.7. The van der Waals surface area contributed by atoms with Gasteiger partial charge in [-0.3, -0.25) is 9.48 Å². The number of furan rings is 1. The first-order valence-electron chi connectivity index (χ1n) is 11.4. The van der Waals surface area contributed by atoms with Crippen LogP contribution in [0.3, 0.4) is 0 Å². The zero-order chi connectivity index (χ0) is 23.9. The highest BCUT2D eigenvalue weighted by Crippen LogP contribution is 2.39. The van der Waals surface area contributed by atoms with Gasteiger partial charge >= 0.3 is 0 Å². The Kier molecular flexibility index (Phi) is 5.03. The number of rotatable bonds is 6. The van der Waals surface area contributed by atoms with Crippen LogP contribution < -0.4 is 14.9 Å². The molecule has 0 fully saturated rings. The highest BCUT2D eigenvalue weighted by molar-refractivity contribution is 6.14. The highest BCUT2D eigenvalue weighted by atomic mass is 16.5. The Bertz CT molecular complexity index is 1730. The molecule has 0 bridgehead atoms. The van der Waals surface area contributed by atoms with Gasteiger partial charge in [0, 0.05) is 42.1 Å². The molecule has 1 N–H and O–H groups in total. The fourth-order valence-electron chi connectivity index (χ4n) is 4.44. The van der Waals surface area contributed by atoms with E-state index in [2.05, 4.69) is 5.10 Å². The third-order valence-corrected chi connectivity index (χ3v) is 6.27. The predicted octanol–water partition coefficient (Wildman–Crippen LogP) is 5.46. The minimum atomic E-state index is -0.0906. The summed E-state index contributed by atoms with van der Waals surface area (Å²) in [6.07, 6.45) is 2.72. The SMILES string of the molecule is COc1ccc(CCOc2ccc(-c3c4c[nH]n(C)c4nc4c3oc3cc(=O)ccc34)cc2)cc1. The van der Waals surface area contributed by atoms with Gasteiger partial charge in [0.15, 0.2) is 16.7 Å². The van der Waals surface area contributed by atoms with Crippen molar-refractivity contribution < 1.29 is 13.9 Å². The molecule has 6 rings (SSSR count). The Labute approximate surface area is 200 Å². The lowest BCUT2D eigenvalue weighted by Gasteiger charge is -2.09. The molecule has 3 aromatic carbocycles. The number of methoxy groups -OCH3 is 1. The number of hydrogen-bond acceptors (Lipinski definition) is 5. The van der Waals surface area contributed by atoms with E-state index < -0.39 is 0 Å². The number of nitrogens with one attached hydrogen (secondary N) is 1. The topological polar surface area (TPSA) is 82.3 Å². The van der Waals surface area contributed by atoms with Gasteiger partial charge in [0.25, 0.3) is 0 Å². The van der Waals surface area contributed by atoms with Crippen molar-refractivity contribution in [2.75, 3.05) is 13.7 Å². The molecule has 0 radical (unpaired) electrons. The van der Waals surface area contributed by atoms with E-state index in [-0.39, 0.29) is 5.43 Å². The van der Waals surface area contributed by atoms with E-state index in [0.29, 0.717) is 17.8 Å². The summed E-state index contributed by atoms with van der Waals surface area (Å²) >= 11 is 0. The molecule has 0 saturated heterocycles. The van der Waals surface area contributed by atoms with E-state index in [9.17, 15) is 4.79 Å². The number of aromatic amines is 1. The Morgan fingerprint density at radius 3 is 2.51 bits per heavy atom. The largest absolute Gasteiger partial charge is 0.497 e. The Morgan fingerprint density at radius 1 is 0.971 bits per heavy atom. The molecule has 0 atom stereocenters. The molecule has 0 aliphatic carbocycles. The van der Waals surface area contributed by atoms with E-state index in [0.717, 1.165) is 51.0 Å². The summed E-state index contributed by atoms with van der Waals surface area (Å²) in [5, 5.41) is 4.96. The van der Waals surface area contributed by atoms with Gasteiger partial charge < -0.3 is 19.0 Å². The molecule has 0 saturated carbocycles. The first-order valence-corrected chi connectivity index (χ1v) is 11.4. The summed E-state index contributed by atoms with van der Waals surface area (Å²) in [6, 6.07) is 20.8. The van der Waals surface area contributed by atoms with Crippen LogP contribution in [-0.4, -0.2) is 28.5 Å². The molecular weight excluding hydrogens is 442 g/mol. The van der Waals surface area contributed by atoms with Gasteiger partial charge in [-0.05, 0) is 47.5 Å². The van der Waals surface area contributed by atoms with Gasteiger partial charge in [0.05, 0.1) is 13.7 Å². The molecule has 7 nitrogen and oxygen atoms in total. The number of aryl methyl sites for hydroxylation is 1. The number of benzene rings is 3. The number of aromatic nitrogens is 3. The van der Waals surface area contributed by atoms with Crippen molar-refractivity contribution in [1.29, 1.82) is 0 Å². The summed E-state index contributed by atoms with van der Waals surface area (Å²) in [6.45, 7) is 0.574. The first-order chi connectivity index (χ1) is 17.1. The second-order valence-corrected chi connectivity index (χ2v) is 8.47. The van der Waals surface area contributed by atoms with Crippen LogP contribution >= 0.6 is 0 Å². The average Bonchev–Trinajstić information content (AvgIpc) is 3.43. The van der Waals surface area contributed by atoms with Gasteiger partial charge in [-0.1, -0.05) is 24.3 Å². The lowest BCUT2D eigenvalue weighted by Crippen LogP contribution is -2.01. The monoisotopic (exact) mass is 465 g/mol. The Balaban J connectivity index is 1.33. The van der Waals surface area contributed by atoms with Gasteiger partial charge in [-0.2, -0.15) is 0 Å². The van der Waals surface area contributed by atoms with Crippen LogP contribution in [0.4, 0.5) is 0 Å². The van der Waals surface area contributed by atoms with Crippen LogP contribution in [0, 0.1) is 0 Å². The molecule has 0 aliphatic heterocycles. The molecule has 7 heteroatoms. The molecule has 0 aliphatic rings. The number of H-pyrrole nitrogens is 1. The molecular formula is C28H23N3O4. The lowest BCUT2D eigenvalue weighted by atomic mass is 10.0. The normalized spacial score (nSPS) is 11.5. The number of pyridine rings is 1. The highest BCUT2D eigenvalue weighted by Gasteiger charge is 2.19. The maximum Gasteiger partial charge on any atom is 0.182 e. The van der Waals surface area contributed by atoms with Crippen LogP contribution in [-0.2, 0) is 13.5 Å². The van der Waals surface area contributed by atoms with Crippen molar-refractivity contribution in [2.45, 2.75) is 6.42 Å². The number of nitrogens with zero attached hydrogens (tertiary/aromatic N) is 2. The molecule has 0 spiro atoms. The van der Waals surface area contributed by atoms with Gasteiger partial charge in [-0.15, -0.1) is 0 Å². The summed E-state index contributed by atoms with van der Waals surface area (Å²) < 4.78 is 19.2. The predicted molar refractivity (Wildman–Crippen MR) is 136 cm³/mol. The van der Waals surface area contributed by atoms with Gasteiger partial charge in [0.2, 0.25) is 0 Å². The zero-order valence-corrected chi connectivity index (χ0v) is 19.4. The van der Waals surface area contributed by atoms with Crippen molar-refractivity contribution in [2.24, 2.45) is 7.05 Å². The van der Waals surface area contributed by atoms with Crippen molar-refractivity contribution in [3.05, 3.63) is 88.7 Å². The van der Waals surface area contributed by atoms with Crippen LogP contribution in [0.5, 0.6) is 11.5 Å². The van der Waals surface area contributed by atoms with E-state index in [1.807, 2.05) is 66.5 Å². The maximum atomic E-state index is 11.9. The van der Waals surface area contributed by atoms with E-state index >= 15 is 0 Å². The maximum absolute atomic E-state index is 11.9. The standard InChI is InChI=1S/C28H23N3O4/c1-31-28-23(16-29-31)25(27-26(30-28)22-12-7-19(32)15-24(22)35-27)18-5-10-21(11-6-18)34-14-13-17-3-8-20(33-2)9-4-17/h3-12,15-16,29H,13-14H2,1-2H3. The number of hydrogen-bond donors (Lipinski definition) is 1. The zero-order valence-electron chi connectivity index (χ0n) is 19.4. The third kappa shape index (κ3) is 3.71. The minimum absolute atomic E-state index is 0.0906. The molecule has 174 valence electrons. The minimum Gasteiger partial charge on any atom is -0.497 e. The molecule has 0 amide bonds. The summed E-state index contributed by atoms with van der Waals surface area (Å²) in [7, 11) is 3.58. The third-order valence-electron chi connectivity index (χ3n) is 6.27. The fourth-order valence-corrected chi connectivity index (χ4v) is 4.44. The van der Waals surface area contributed by atoms with Crippen LogP contribution in [0.1, 0.15) is 5.56 Å². The van der Waals surface area contributed by atoms with Crippen molar-refractivity contribution in [3.63, 3.8) is 0 Å². The molecule has 35 heavy (non-hydrogen) atoms. The Morgan fingerprint density at radius 2 is 1.74 bits per heavy atom. The Hall–Kier alpha value is -4.52. The second-order valence-electron chi connectivity index (χ2n) is 8.47. The number of fused-ring (bicyclic) bond motifs is 4. The first kappa shape index (κ1) is 21.0. The van der Waals surface area contributed by atoms with Crippen LogP contribution in [0.2, 0.25) is 0 Å². The average molecular weight is 466 g/mol. The van der Waals surface area contributed by atoms with Crippen LogP contribution in [0.25, 0.3) is 44.2 Å². The molecule has 3 heterocycles. The second kappa shape index (κ2) is 8.36. The van der Waals surface area contributed by atoms with Crippen molar-refractivity contribution >= 4 is 33.1 Å². The van der Waals surface area contributed by atoms with E-state index in [1.54, 1.807) is 13.2 Å². The molecule has 3 aromatic heterocycles. The van der Waals surface area contributed by atoms with Gasteiger partial charge in [0.1, 0.15) is 22.6 Å². The molecule has 6 aromatic rings. The molecule has 0 unspecified atom stereocenters. The van der Waals surface area contributed by atoms with Gasteiger partial charge in [-0.25, -0.2) is 4.98 Å². The smallest absolute Gasteiger partial charge is 0.182 e. The fraction of sp³-hybridized carbons (Fsp3) is 0.143. The summed E-state index contributed by atoms with van der Waals surface area (Å²) in [5.41, 5.74) is 5.74. The van der Waals surface area contributed by atoms with Crippen molar-refractivity contribution in [1.82, 2.24) is 14.8 Å². The number of ether oxygens (including phenoxy) is 2. The lowest BCUT2D eigenvalue weighted by molar-refractivity contribution is 0.322. The van der Waals surface area contributed by atoms with Crippen molar-refractivity contribution in [3.8, 4) is 22.6 Å². The van der Waals surface area contributed by atoms with Crippen LogP contribution in [0.15, 0.2) is 82.1 Å². The van der Waals surface area contributed by atoms with E-state index in [4.69, 9.17) is 18.9 Å². The van der Waals surface area contributed by atoms with E-state index in [1.165, 1.54) is 17.7 Å². The quantitative estimate of drug-likeness (QED) is 0.353.